The Hall–Kier alpha value is -2.33. The summed E-state index contributed by atoms with van der Waals surface area (Å²) in [6, 6.07) is 14.7. The summed E-state index contributed by atoms with van der Waals surface area (Å²) in [4.78, 5) is 27.3. The highest BCUT2D eigenvalue weighted by molar-refractivity contribution is 6.31. The maximum absolute atomic E-state index is 13.1. The Bertz CT molecular complexity index is 803. The third-order valence-corrected chi connectivity index (χ3v) is 5.00. The summed E-state index contributed by atoms with van der Waals surface area (Å²) in [5, 5.41) is 3.51. The molecule has 0 aromatic heterocycles. The number of rotatable bonds is 8. The minimum absolute atomic E-state index is 0.101. The van der Waals surface area contributed by atoms with Crippen LogP contribution < -0.4 is 5.32 Å². The topological polar surface area (TPSA) is 49.4 Å². The van der Waals surface area contributed by atoms with Crippen LogP contribution in [0.1, 0.15) is 37.5 Å². The normalized spacial score (nSPS) is 11.9. The van der Waals surface area contributed by atoms with E-state index in [0.29, 0.717) is 24.0 Å². The highest BCUT2D eigenvalue weighted by Gasteiger charge is 2.26. The van der Waals surface area contributed by atoms with Gasteiger partial charge in [0.05, 0.1) is 6.42 Å². The average molecular weight is 401 g/mol. The SMILES string of the molecule is Cc1ccc(CC(=O)N(Cc2ccccc2Cl)C(C)C(=O)NCC(C)C)cc1. The van der Waals surface area contributed by atoms with Gasteiger partial charge in [-0.3, -0.25) is 9.59 Å². The standard InChI is InChI=1S/C23H29ClN2O2/c1-16(2)14-25-23(28)18(4)26(15-20-7-5-6-8-21(20)24)22(27)13-19-11-9-17(3)10-12-19/h5-12,16,18H,13-15H2,1-4H3,(H,25,28). The molecule has 0 aliphatic rings. The number of nitrogens with one attached hydrogen (secondary N) is 1. The maximum atomic E-state index is 13.1. The van der Waals surface area contributed by atoms with E-state index in [1.54, 1.807) is 17.9 Å². The molecule has 1 atom stereocenters. The lowest BCUT2D eigenvalue weighted by Crippen LogP contribution is -2.48. The van der Waals surface area contributed by atoms with Crippen LogP contribution in [0.5, 0.6) is 0 Å². The number of nitrogens with zero attached hydrogens (tertiary/aromatic N) is 1. The summed E-state index contributed by atoms with van der Waals surface area (Å²) in [7, 11) is 0. The number of hydrogen-bond acceptors (Lipinski definition) is 2. The summed E-state index contributed by atoms with van der Waals surface area (Å²) in [5.41, 5.74) is 2.89. The molecule has 2 aromatic carbocycles. The zero-order valence-electron chi connectivity index (χ0n) is 17.0. The van der Waals surface area contributed by atoms with E-state index in [1.807, 2.05) is 63.2 Å². The molecule has 28 heavy (non-hydrogen) atoms. The lowest BCUT2D eigenvalue weighted by molar-refractivity contribution is -0.140. The molecule has 1 unspecified atom stereocenters. The molecule has 2 aromatic rings. The monoisotopic (exact) mass is 400 g/mol. The Balaban J connectivity index is 2.21. The first-order valence-corrected chi connectivity index (χ1v) is 10.0. The van der Waals surface area contributed by atoms with Crippen LogP contribution in [0.3, 0.4) is 0 Å². The maximum Gasteiger partial charge on any atom is 0.242 e. The van der Waals surface area contributed by atoms with E-state index in [-0.39, 0.29) is 18.2 Å². The molecule has 150 valence electrons. The van der Waals surface area contributed by atoms with Crippen molar-refractivity contribution in [3.63, 3.8) is 0 Å². The van der Waals surface area contributed by atoms with Gasteiger partial charge in [-0.1, -0.05) is 73.5 Å². The second-order valence-corrected chi connectivity index (χ2v) is 8.00. The largest absolute Gasteiger partial charge is 0.354 e. The average Bonchev–Trinajstić information content (AvgIpc) is 2.66. The van der Waals surface area contributed by atoms with Crippen LogP contribution in [-0.2, 0) is 22.6 Å². The number of carbonyl (C=O) groups is 2. The summed E-state index contributed by atoms with van der Waals surface area (Å²) in [5.74, 6) is 0.0883. The van der Waals surface area contributed by atoms with Crippen LogP contribution in [0.25, 0.3) is 0 Å². The number of amides is 2. The fourth-order valence-electron chi connectivity index (χ4n) is 2.83. The Morgan fingerprint density at radius 3 is 2.29 bits per heavy atom. The lowest BCUT2D eigenvalue weighted by atomic mass is 10.1. The summed E-state index contributed by atoms with van der Waals surface area (Å²) < 4.78 is 0. The first-order valence-electron chi connectivity index (χ1n) is 9.64. The van der Waals surface area contributed by atoms with Crippen LogP contribution in [0.2, 0.25) is 5.02 Å². The van der Waals surface area contributed by atoms with Gasteiger partial charge in [0.15, 0.2) is 0 Å². The molecule has 0 saturated carbocycles. The van der Waals surface area contributed by atoms with Gasteiger partial charge < -0.3 is 10.2 Å². The van der Waals surface area contributed by atoms with Crippen molar-refractivity contribution in [2.45, 2.75) is 46.7 Å². The summed E-state index contributed by atoms with van der Waals surface area (Å²) in [6.07, 6.45) is 0.243. The molecule has 0 spiro atoms. The highest BCUT2D eigenvalue weighted by Crippen LogP contribution is 2.19. The third-order valence-electron chi connectivity index (χ3n) is 4.63. The van der Waals surface area contributed by atoms with Crippen molar-refractivity contribution in [2.75, 3.05) is 6.54 Å². The van der Waals surface area contributed by atoms with Gasteiger partial charge in [-0.15, -0.1) is 0 Å². The van der Waals surface area contributed by atoms with E-state index in [1.165, 1.54) is 0 Å². The summed E-state index contributed by atoms with van der Waals surface area (Å²) >= 11 is 6.30. The van der Waals surface area contributed by atoms with Gasteiger partial charge in [-0.2, -0.15) is 0 Å². The van der Waals surface area contributed by atoms with Gasteiger partial charge in [-0.05, 0) is 37.0 Å². The lowest BCUT2D eigenvalue weighted by Gasteiger charge is -2.29. The Morgan fingerprint density at radius 2 is 1.68 bits per heavy atom. The minimum atomic E-state index is -0.590. The van der Waals surface area contributed by atoms with Crippen molar-refractivity contribution in [1.29, 1.82) is 0 Å². The Kier molecular flexibility index (Phi) is 8.06. The summed E-state index contributed by atoms with van der Waals surface area (Å²) in [6.45, 7) is 8.72. The Morgan fingerprint density at radius 1 is 1.04 bits per heavy atom. The number of halogens is 1. The molecule has 2 amide bonds. The number of aryl methyl sites for hydroxylation is 1. The smallest absolute Gasteiger partial charge is 0.242 e. The van der Waals surface area contributed by atoms with Crippen LogP contribution in [0.15, 0.2) is 48.5 Å². The first-order chi connectivity index (χ1) is 13.3. The second-order valence-electron chi connectivity index (χ2n) is 7.59. The van der Waals surface area contributed by atoms with Crippen LogP contribution in [0, 0.1) is 12.8 Å². The van der Waals surface area contributed by atoms with E-state index in [9.17, 15) is 9.59 Å². The van der Waals surface area contributed by atoms with Gasteiger partial charge in [-0.25, -0.2) is 0 Å². The van der Waals surface area contributed by atoms with Crippen molar-refractivity contribution in [1.82, 2.24) is 10.2 Å². The second kappa shape index (κ2) is 10.3. The molecule has 0 aliphatic heterocycles. The number of hydrogen-bond donors (Lipinski definition) is 1. The van der Waals surface area contributed by atoms with Gasteiger partial charge in [0, 0.05) is 18.1 Å². The zero-order chi connectivity index (χ0) is 20.7. The molecule has 0 saturated heterocycles. The van der Waals surface area contributed by atoms with E-state index in [0.717, 1.165) is 16.7 Å². The molecular weight excluding hydrogens is 372 g/mol. The molecule has 0 bridgehead atoms. The predicted molar refractivity (Wildman–Crippen MR) is 114 cm³/mol. The van der Waals surface area contributed by atoms with E-state index in [4.69, 9.17) is 11.6 Å². The predicted octanol–water partition coefficient (Wildman–Crippen LogP) is 4.38. The zero-order valence-corrected chi connectivity index (χ0v) is 17.8. The molecule has 0 aliphatic carbocycles. The van der Waals surface area contributed by atoms with Gasteiger partial charge in [0.25, 0.3) is 0 Å². The van der Waals surface area contributed by atoms with Crippen molar-refractivity contribution >= 4 is 23.4 Å². The highest BCUT2D eigenvalue weighted by atomic mass is 35.5. The molecule has 1 N–H and O–H groups in total. The fourth-order valence-corrected chi connectivity index (χ4v) is 3.02. The molecular formula is C23H29ClN2O2. The van der Waals surface area contributed by atoms with Crippen molar-refractivity contribution in [3.05, 3.63) is 70.2 Å². The van der Waals surface area contributed by atoms with Crippen molar-refractivity contribution in [3.8, 4) is 0 Å². The molecule has 5 heteroatoms. The van der Waals surface area contributed by atoms with E-state index < -0.39 is 6.04 Å². The molecule has 4 nitrogen and oxygen atoms in total. The quantitative estimate of drug-likeness (QED) is 0.714. The van der Waals surface area contributed by atoms with E-state index in [2.05, 4.69) is 5.32 Å². The van der Waals surface area contributed by atoms with Crippen LogP contribution in [-0.4, -0.2) is 29.3 Å². The van der Waals surface area contributed by atoms with Crippen molar-refractivity contribution in [2.24, 2.45) is 5.92 Å². The van der Waals surface area contributed by atoms with Gasteiger partial charge in [0.2, 0.25) is 11.8 Å². The van der Waals surface area contributed by atoms with E-state index >= 15 is 0 Å². The molecule has 0 radical (unpaired) electrons. The first kappa shape index (κ1) is 22.0. The molecule has 0 heterocycles. The minimum Gasteiger partial charge on any atom is -0.354 e. The van der Waals surface area contributed by atoms with Gasteiger partial charge >= 0.3 is 0 Å². The van der Waals surface area contributed by atoms with Crippen LogP contribution >= 0.6 is 11.6 Å². The van der Waals surface area contributed by atoms with Gasteiger partial charge in [0.1, 0.15) is 6.04 Å². The Labute approximate surface area is 172 Å². The number of carbonyl (C=O) groups excluding carboxylic acids is 2. The van der Waals surface area contributed by atoms with Crippen molar-refractivity contribution < 1.29 is 9.59 Å². The molecule has 2 rings (SSSR count). The van der Waals surface area contributed by atoms with Crippen LogP contribution in [0.4, 0.5) is 0 Å². The fraction of sp³-hybridized carbons (Fsp3) is 0.391. The third kappa shape index (κ3) is 6.38. The molecule has 0 fully saturated rings. The number of benzene rings is 2.